The SMILES string of the molecule is O=C(C1CCCO1)N1CCN(Cn2nnc(-c3cccs3)n2)CC1. The molecule has 0 N–H and O–H groups in total. The number of hydrogen-bond donors (Lipinski definition) is 0. The smallest absolute Gasteiger partial charge is 0.251 e. The molecule has 1 unspecified atom stereocenters. The summed E-state index contributed by atoms with van der Waals surface area (Å²) in [5.41, 5.74) is 0. The van der Waals surface area contributed by atoms with E-state index in [9.17, 15) is 4.79 Å². The van der Waals surface area contributed by atoms with Gasteiger partial charge in [-0.1, -0.05) is 6.07 Å². The first-order chi connectivity index (χ1) is 11.8. The number of piperazine rings is 1. The van der Waals surface area contributed by atoms with Gasteiger partial charge < -0.3 is 9.64 Å². The van der Waals surface area contributed by atoms with E-state index in [2.05, 4.69) is 20.3 Å². The molecule has 2 aromatic heterocycles. The molecule has 24 heavy (non-hydrogen) atoms. The van der Waals surface area contributed by atoms with Crippen LogP contribution in [-0.2, 0) is 16.2 Å². The van der Waals surface area contributed by atoms with Crippen LogP contribution in [0.5, 0.6) is 0 Å². The van der Waals surface area contributed by atoms with Gasteiger partial charge in [0, 0.05) is 32.8 Å². The highest BCUT2D eigenvalue weighted by Gasteiger charge is 2.30. The first-order valence-electron chi connectivity index (χ1n) is 8.24. The zero-order chi connectivity index (χ0) is 16.4. The Balaban J connectivity index is 1.29. The minimum absolute atomic E-state index is 0.144. The third kappa shape index (κ3) is 3.33. The number of hydrogen-bond acceptors (Lipinski definition) is 7. The van der Waals surface area contributed by atoms with E-state index in [4.69, 9.17) is 4.74 Å². The van der Waals surface area contributed by atoms with E-state index in [0.29, 0.717) is 19.1 Å². The number of carbonyl (C=O) groups excluding carboxylic acids is 1. The second-order valence-corrected chi connectivity index (χ2v) is 7.00. The van der Waals surface area contributed by atoms with Gasteiger partial charge in [0.05, 0.1) is 4.88 Å². The van der Waals surface area contributed by atoms with Gasteiger partial charge in [-0.3, -0.25) is 9.69 Å². The molecule has 0 aliphatic carbocycles. The van der Waals surface area contributed by atoms with Crippen molar-refractivity contribution in [2.24, 2.45) is 0 Å². The molecule has 2 aromatic rings. The number of nitrogens with zero attached hydrogens (tertiary/aromatic N) is 6. The highest BCUT2D eigenvalue weighted by atomic mass is 32.1. The molecule has 0 saturated carbocycles. The first kappa shape index (κ1) is 15.7. The van der Waals surface area contributed by atoms with Gasteiger partial charge in [-0.2, -0.15) is 0 Å². The third-order valence-electron chi connectivity index (χ3n) is 4.41. The van der Waals surface area contributed by atoms with E-state index in [0.717, 1.165) is 43.9 Å². The maximum atomic E-state index is 12.3. The minimum Gasteiger partial charge on any atom is -0.368 e. The molecule has 4 heterocycles. The Kier molecular flexibility index (Phi) is 4.54. The Labute approximate surface area is 144 Å². The van der Waals surface area contributed by atoms with Gasteiger partial charge in [-0.05, 0) is 29.5 Å². The Morgan fingerprint density at radius 1 is 1.33 bits per heavy atom. The Hall–Kier alpha value is -1.84. The van der Waals surface area contributed by atoms with E-state index in [1.807, 2.05) is 22.4 Å². The summed E-state index contributed by atoms with van der Waals surface area (Å²) in [6.45, 7) is 4.39. The van der Waals surface area contributed by atoms with Crippen molar-refractivity contribution in [3.05, 3.63) is 17.5 Å². The molecule has 8 nitrogen and oxygen atoms in total. The predicted octanol–water partition coefficient (Wildman–Crippen LogP) is 0.682. The van der Waals surface area contributed by atoms with Crippen LogP contribution >= 0.6 is 11.3 Å². The summed E-state index contributed by atoms with van der Waals surface area (Å²) in [7, 11) is 0. The van der Waals surface area contributed by atoms with Crippen molar-refractivity contribution in [3.63, 3.8) is 0 Å². The number of rotatable bonds is 4. The fourth-order valence-corrected chi connectivity index (χ4v) is 3.72. The number of ether oxygens (including phenoxy) is 1. The lowest BCUT2D eigenvalue weighted by molar-refractivity contribution is -0.143. The fraction of sp³-hybridized carbons (Fsp3) is 0.600. The first-order valence-corrected chi connectivity index (χ1v) is 9.12. The quantitative estimate of drug-likeness (QED) is 0.809. The monoisotopic (exact) mass is 348 g/mol. The largest absolute Gasteiger partial charge is 0.368 e. The highest BCUT2D eigenvalue weighted by molar-refractivity contribution is 7.13. The molecule has 9 heteroatoms. The van der Waals surface area contributed by atoms with Crippen LogP contribution in [0.15, 0.2) is 17.5 Å². The molecular weight excluding hydrogens is 328 g/mol. The van der Waals surface area contributed by atoms with Gasteiger partial charge in [0.25, 0.3) is 5.91 Å². The van der Waals surface area contributed by atoms with Crippen LogP contribution in [0.3, 0.4) is 0 Å². The van der Waals surface area contributed by atoms with Crippen molar-refractivity contribution in [1.82, 2.24) is 30.0 Å². The van der Waals surface area contributed by atoms with Gasteiger partial charge in [-0.15, -0.1) is 26.3 Å². The number of carbonyl (C=O) groups is 1. The lowest BCUT2D eigenvalue weighted by Gasteiger charge is -2.35. The molecule has 4 rings (SSSR count). The average Bonchev–Trinajstić information content (AvgIpc) is 3.36. The van der Waals surface area contributed by atoms with Crippen LogP contribution in [0.1, 0.15) is 12.8 Å². The van der Waals surface area contributed by atoms with Gasteiger partial charge in [0.15, 0.2) is 0 Å². The molecule has 0 aromatic carbocycles. The predicted molar refractivity (Wildman–Crippen MR) is 88.3 cm³/mol. The lowest BCUT2D eigenvalue weighted by Crippen LogP contribution is -2.51. The molecule has 2 saturated heterocycles. The van der Waals surface area contributed by atoms with Crippen LogP contribution in [0.4, 0.5) is 0 Å². The van der Waals surface area contributed by atoms with Crippen molar-refractivity contribution in [1.29, 1.82) is 0 Å². The summed E-state index contributed by atoms with van der Waals surface area (Å²) < 4.78 is 5.49. The summed E-state index contributed by atoms with van der Waals surface area (Å²) >= 11 is 1.60. The molecule has 1 amide bonds. The van der Waals surface area contributed by atoms with Crippen molar-refractivity contribution in [3.8, 4) is 10.7 Å². The molecule has 0 bridgehead atoms. The molecule has 2 fully saturated rings. The van der Waals surface area contributed by atoms with Crippen molar-refractivity contribution in [2.45, 2.75) is 25.6 Å². The number of amides is 1. The summed E-state index contributed by atoms with van der Waals surface area (Å²) in [5.74, 6) is 0.809. The van der Waals surface area contributed by atoms with Crippen molar-refractivity contribution in [2.75, 3.05) is 32.8 Å². The topological polar surface area (TPSA) is 76.4 Å². The molecule has 0 radical (unpaired) electrons. The molecule has 0 spiro atoms. The van der Waals surface area contributed by atoms with Gasteiger partial charge >= 0.3 is 0 Å². The summed E-state index contributed by atoms with van der Waals surface area (Å²) in [6, 6.07) is 3.96. The van der Waals surface area contributed by atoms with E-state index >= 15 is 0 Å². The van der Waals surface area contributed by atoms with Crippen LogP contribution in [-0.4, -0.2) is 74.8 Å². The average molecular weight is 348 g/mol. The minimum atomic E-state index is -0.220. The summed E-state index contributed by atoms with van der Waals surface area (Å²) in [5, 5.41) is 14.7. The summed E-state index contributed by atoms with van der Waals surface area (Å²) in [4.78, 5) is 19.1. The third-order valence-corrected chi connectivity index (χ3v) is 5.28. The zero-order valence-electron chi connectivity index (χ0n) is 13.4. The zero-order valence-corrected chi connectivity index (χ0v) is 14.2. The van der Waals surface area contributed by atoms with E-state index in [1.54, 1.807) is 16.1 Å². The van der Waals surface area contributed by atoms with Crippen molar-refractivity contribution >= 4 is 17.2 Å². The fourth-order valence-electron chi connectivity index (χ4n) is 3.07. The molecule has 1 atom stereocenters. The number of thiophene rings is 1. The Morgan fingerprint density at radius 2 is 2.21 bits per heavy atom. The van der Waals surface area contributed by atoms with E-state index in [1.165, 1.54) is 0 Å². The summed E-state index contributed by atoms with van der Waals surface area (Å²) in [6.07, 6.45) is 1.62. The van der Waals surface area contributed by atoms with Gasteiger partial charge in [0.1, 0.15) is 12.8 Å². The highest BCUT2D eigenvalue weighted by Crippen LogP contribution is 2.19. The standard InChI is InChI=1S/C15H20N6O2S/c22-15(12-3-1-9-23-12)20-7-5-19(6-8-20)11-21-17-14(16-18-21)13-4-2-10-24-13/h2,4,10,12H,1,3,5-9,11H2. The maximum Gasteiger partial charge on any atom is 0.251 e. The second-order valence-electron chi connectivity index (χ2n) is 6.05. The molecular formula is C15H20N6O2S. The van der Waals surface area contributed by atoms with E-state index in [-0.39, 0.29) is 12.0 Å². The Morgan fingerprint density at radius 3 is 2.92 bits per heavy atom. The molecule has 2 aliphatic rings. The van der Waals surface area contributed by atoms with Crippen LogP contribution < -0.4 is 0 Å². The van der Waals surface area contributed by atoms with Crippen LogP contribution in [0, 0.1) is 0 Å². The van der Waals surface area contributed by atoms with E-state index < -0.39 is 0 Å². The molecule has 128 valence electrons. The lowest BCUT2D eigenvalue weighted by atomic mass is 10.2. The van der Waals surface area contributed by atoms with Gasteiger partial charge in [-0.25, -0.2) is 0 Å². The molecule has 2 aliphatic heterocycles. The second kappa shape index (κ2) is 6.96. The number of tetrazole rings is 1. The van der Waals surface area contributed by atoms with Crippen LogP contribution in [0.25, 0.3) is 10.7 Å². The Bertz CT molecular complexity index is 674. The maximum absolute atomic E-state index is 12.3. The normalized spacial score (nSPS) is 22.2. The van der Waals surface area contributed by atoms with Crippen molar-refractivity contribution < 1.29 is 9.53 Å². The number of aromatic nitrogens is 4. The van der Waals surface area contributed by atoms with Crippen LogP contribution in [0.2, 0.25) is 0 Å². The van der Waals surface area contributed by atoms with Gasteiger partial charge in [0.2, 0.25) is 5.82 Å².